The van der Waals surface area contributed by atoms with Gasteiger partial charge in [-0.2, -0.15) is 0 Å². The van der Waals surface area contributed by atoms with Crippen LogP contribution in [-0.2, 0) is 14.4 Å². The maximum Gasteiger partial charge on any atom is 0.290 e. The van der Waals surface area contributed by atoms with E-state index in [1.54, 1.807) is 18.2 Å². The molecule has 0 spiro atoms. The van der Waals surface area contributed by atoms with Crippen LogP contribution in [0.15, 0.2) is 29.5 Å². The number of nitrogens with zero attached hydrogens (tertiary/aromatic N) is 1. The average Bonchev–Trinajstić information content (AvgIpc) is 2.91. The van der Waals surface area contributed by atoms with Crippen molar-refractivity contribution in [2.45, 2.75) is 38.6 Å². The van der Waals surface area contributed by atoms with Gasteiger partial charge >= 0.3 is 0 Å². The van der Waals surface area contributed by atoms with E-state index in [1.165, 1.54) is 26.0 Å². The number of rotatable bonds is 10. The van der Waals surface area contributed by atoms with E-state index < -0.39 is 29.5 Å². The zero-order valence-electron chi connectivity index (χ0n) is 16.2. The Hall–Kier alpha value is -3.03. The molecule has 1 aliphatic rings. The third-order valence-electron chi connectivity index (χ3n) is 4.69. The summed E-state index contributed by atoms with van der Waals surface area (Å²) in [5.74, 6) is -1.74. The lowest BCUT2D eigenvalue weighted by molar-refractivity contribution is -0.305. The highest BCUT2D eigenvalue weighted by molar-refractivity contribution is 6.08. The standard InChI is InChI=1S/C20H25NO7/c1-12(22)17-18(13-8-9-14(27-2)15(11-13)28-3)21(20(26)19(17)25)10-6-4-5-7-16(23)24/h8-9,11,18,25H,4-7,10H2,1-3H3,(H,23,24)/p-1/t18-/m0/s1. The van der Waals surface area contributed by atoms with Gasteiger partial charge in [0.05, 0.1) is 25.8 Å². The van der Waals surface area contributed by atoms with Gasteiger partial charge in [-0.15, -0.1) is 0 Å². The van der Waals surface area contributed by atoms with Gasteiger partial charge in [0.1, 0.15) is 0 Å². The Morgan fingerprint density at radius 1 is 1.14 bits per heavy atom. The van der Waals surface area contributed by atoms with Crippen LogP contribution in [0, 0.1) is 0 Å². The number of carbonyl (C=O) groups excluding carboxylic acids is 3. The van der Waals surface area contributed by atoms with Crippen LogP contribution in [-0.4, -0.2) is 48.4 Å². The van der Waals surface area contributed by atoms with Crippen LogP contribution in [0.2, 0.25) is 0 Å². The van der Waals surface area contributed by atoms with Crippen molar-refractivity contribution in [3.8, 4) is 11.5 Å². The number of hydrogen-bond acceptors (Lipinski definition) is 7. The first-order valence-electron chi connectivity index (χ1n) is 8.98. The van der Waals surface area contributed by atoms with E-state index in [4.69, 9.17) is 9.47 Å². The predicted molar refractivity (Wildman–Crippen MR) is 97.8 cm³/mol. The molecule has 0 radical (unpaired) electrons. The average molecular weight is 390 g/mol. The van der Waals surface area contributed by atoms with Gasteiger partial charge in [-0.1, -0.05) is 12.5 Å². The van der Waals surface area contributed by atoms with Crippen molar-refractivity contribution >= 4 is 17.7 Å². The van der Waals surface area contributed by atoms with Crippen molar-refractivity contribution in [3.63, 3.8) is 0 Å². The zero-order valence-corrected chi connectivity index (χ0v) is 16.2. The zero-order chi connectivity index (χ0) is 20.8. The molecule has 0 saturated carbocycles. The van der Waals surface area contributed by atoms with Crippen molar-refractivity contribution in [1.82, 2.24) is 4.90 Å². The Morgan fingerprint density at radius 2 is 1.82 bits per heavy atom. The van der Waals surface area contributed by atoms with Crippen LogP contribution in [0.5, 0.6) is 11.5 Å². The number of aliphatic hydroxyl groups is 1. The Labute approximate surface area is 163 Å². The summed E-state index contributed by atoms with van der Waals surface area (Å²) >= 11 is 0. The molecule has 152 valence electrons. The molecule has 1 aromatic rings. The number of hydrogen-bond donors (Lipinski definition) is 1. The summed E-state index contributed by atoms with van der Waals surface area (Å²) in [6, 6.07) is 4.31. The molecular weight excluding hydrogens is 366 g/mol. The van der Waals surface area contributed by atoms with Gasteiger partial charge in [0.15, 0.2) is 23.0 Å². The first kappa shape index (κ1) is 21.3. The molecule has 8 heteroatoms. The topological polar surface area (TPSA) is 116 Å². The quantitative estimate of drug-likeness (QED) is 0.599. The number of amides is 1. The van der Waals surface area contributed by atoms with Gasteiger partial charge in [-0.3, -0.25) is 9.59 Å². The molecule has 8 nitrogen and oxygen atoms in total. The van der Waals surface area contributed by atoms with Crippen LogP contribution in [0.25, 0.3) is 0 Å². The summed E-state index contributed by atoms with van der Waals surface area (Å²) in [6.45, 7) is 1.57. The molecule has 1 amide bonds. The SMILES string of the molecule is COc1ccc([C@H]2C(C(C)=O)=C(O)C(=O)N2CCCCCC(=O)[O-])cc1OC. The number of carboxylic acids is 1. The molecule has 0 aromatic heterocycles. The molecule has 0 unspecified atom stereocenters. The highest BCUT2D eigenvalue weighted by atomic mass is 16.5. The molecule has 2 rings (SSSR count). The summed E-state index contributed by atoms with van der Waals surface area (Å²) in [5.41, 5.74) is 0.641. The summed E-state index contributed by atoms with van der Waals surface area (Å²) in [7, 11) is 2.98. The van der Waals surface area contributed by atoms with E-state index in [2.05, 4.69) is 0 Å². The van der Waals surface area contributed by atoms with E-state index in [1.807, 2.05) is 0 Å². The summed E-state index contributed by atoms with van der Waals surface area (Å²) in [5, 5.41) is 20.8. The number of Topliss-reactive ketones (excluding diaryl/α,β-unsaturated/α-hetero) is 1. The van der Waals surface area contributed by atoms with Crippen LogP contribution >= 0.6 is 0 Å². The number of carbonyl (C=O) groups is 3. The fourth-order valence-electron chi connectivity index (χ4n) is 3.34. The second kappa shape index (κ2) is 9.25. The molecule has 28 heavy (non-hydrogen) atoms. The molecule has 1 aromatic carbocycles. The molecule has 1 atom stereocenters. The molecular formula is C20H24NO7-. The minimum atomic E-state index is -1.11. The minimum absolute atomic E-state index is 0.0342. The molecule has 0 saturated heterocycles. The van der Waals surface area contributed by atoms with E-state index in [-0.39, 0.29) is 18.5 Å². The Morgan fingerprint density at radius 3 is 2.39 bits per heavy atom. The second-order valence-corrected chi connectivity index (χ2v) is 6.52. The van der Waals surface area contributed by atoms with E-state index in [9.17, 15) is 24.6 Å². The smallest absolute Gasteiger partial charge is 0.290 e. The molecule has 0 aliphatic carbocycles. The largest absolute Gasteiger partial charge is 0.550 e. The van der Waals surface area contributed by atoms with Crippen LogP contribution in [0.3, 0.4) is 0 Å². The fourth-order valence-corrected chi connectivity index (χ4v) is 3.34. The lowest BCUT2D eigenvalue weighted by atomic mass is 9.96. The van der Waals surface area contributed by atoms with Crippen LogP contribution in [0.4, 0.5) is 0 Å². The lowest BCUT2D eigenvalue weighted by Gasteiger charge is -2.27. The monoisotopic (exact) mass is 390 g/mol. The number of methoxy groups -OCH3 is 2. The Balaban J connectivity index is 2.30. The van der Waals surface area contributed by atoms with E-state index >= 15 is 0 Å². The predicted octanol–water partition coefficient (Wildman–Crippen LogP) is 1.30. The van der Waals surface area contributed by atoms with Gasteiger partial charge in [0, 0.05) is 12.5 Å². The van der Waals surface area contributed by atoms with Crippen molar-refractivity contribution in [2.24, 2.45) is 0 Å². The van der Waals surface area contributed by atoms with Crippen LogP contribution in [0.1, 0.15) is 44.2 Å². The number of ether oxygens (including phenoxy) is 2. The molecule has 0 bridgehead atoms. The van der Waals surface area contributed by atoms with Crippen molar-refractivity contribution in [2.75, 3.05) is 20.8 Å². The van der Waals surface area contributed by atoms with E-state index in [0.717, 1.165) is 0 Å². The molecule has 1 N–H and O–H groups in total. The number of carboxylic acid groups (broad SMARTS) is 1. The fraction of sp³-hybridized carbons (Fsp3) is 0.450. The molecule has 1 heterocycles. The second-order valence-electron chi connectivity index (χ2n) is 6.52. The third-order valence-corrected chi connectivity index (χ3v) is 4.69. The van der Waals surface area contributed by atoms with Gasteiger partial charge in [-0.05, 0) is 43.9 Å². The van der Waals surface area contributed by atoms with Gasteiger partial charge < -0.3 is 29.4 Å². The first-order valence-corrected chi connectivity index (χ1v) is 8.98. The third kappa shape index (κ3) is 4.44. The number of ketones is 1. The maximum atomic E-state index is 12.6. The minimum Gasteiger partial charge on any atom is -0.550 e. The Kier molecular flexibility index (Phi) is 7.03. The molecule has 0 fully saturated rings. The summed E-state index contributed by atoms with van der Waals surface area (Å²) in [6.07, 6.45) is 1.49. The maximum absolute atomic E-state index is 12.6. The number of benzene rings is 1. The number of unbranched alkanes of at least 4 members (excludes halogenated alkanes) is 2. The van der Waals surface area contributed by atoms with Gasteiger partial charge in [-0.25, -0.2) is 0 Å². The highest BCUT2D eigenvalue weighted by Gasteiger charge is 2.42. The van der Waals surface area contributed by atoms with Gasteiger partial charge in [0.2, 0.25) is 0 Å². The number of aliphatic hydroxyl groups excluding tert-OH is 1. The Bertz CT molecular complexity index is 800. The van der Waals surface area contributed by atoms with Crippen molar-refractivity contribution in [3.05, 3.63) is 35.1 Å². The summed E-state index contributed by atoms with van der Waals surface area (Å²) in [4.78, 5) is 36.6. The number of aliphatic carboxylic acids is 1. The normalized spacial score (nSPS) is 16.5. The van der Waals surface area contributed by atoms with Crippen LogP contribution < -0.4 is 14.6 Å². The first-order chi connectivity index (χ1) is 13.3. The van der Waals surface area contributed by atoms with Gasteiger partial charge in [0.25, 0.3) is 5.91 Å². The highest BCUT2D eigenvalue weighted by Crippen LogP contribution is 2.40. The summed E-state index contributed by atoms with van der Waals surface area (Å²) < 4.78 is 10.5. The van der Waals surface area contributed by atoms with E-state index in [0.29, 0.717) is 36.3 Å². The lowest BCUT2D eigenvalue weighted by Crippen LogP contribution is -2.32. The molecule has 1 aliphatic heterocycles. The van der Waals surface area contributed by atoms with Crippen molar-refractivity contribution < 1.29 is 34.1 Å². The van der Waals surface area contributed by atoms with Crippen molar-refractivity contribution in [1.29, 1.82) is 0 Å².